The molecule has 0 spiro atoms. The molecule has 0 aliphatic carbocycles. The Balaban J connectivity index is 1.22. The van der Waals surface area contributed by atoms with Crippen LogP contribution in [-0.4, -0.2) is 85.2 Å². The molecule has 1 atom stereocenters. The van der Waals surface area contributed by atoms with Gasteiger partial charge in [-0.3, -0.25) is 19.3 Å². The summed E-state index contributed by atoms with van der Waals surface area (Å²) in [4.78, 5) is 53.7. The molecule has 2 aliphatic rings. The number of aliphatic hydroxyl groups excluding tert-OH is 1. The van der Waals surface area contributed by atoms with Crippen LogP contribution in [0.4, 0.5) is 27.3 Å². The first kappa shape index (κ1) is 39.5. The predicted molar refractivity (Wildman–Crippen MR) is 219 cm³/mol. The third kappa shape index (κ3) is 7.95. The standard InChI is InChI=1S/C42H48FN9O5/c1-7-36(54)47-33-20-28(8-9-35(33)51-15-14-50(22-25(51)2)29-11-16-57-17-12-29)46-38-41(56)49(6)23-34(48-38)30-10-13-44-39(31(30)24-53)52-40(55)37-26(21-45-52)18-27(19-32(37)43)42(3,4)5/h7-10,13,18-21,23,25,29,53H,1,11-12,14-17,22,24H2,2-6H3,(H,46,48)(H,47,54). The molecule has 0 radical (unpaired) electrons. The highest BCUT2D eigenvalue weighted by Crippen LogP contribution is 2.34. The number of amides is 1. The summed E-state index contributed by atoms with van der Waals surface area (Å²) in [6.07, 6.45) is 7.60. The number of aryl methyl sites for hydroxylation is 1. The molecule has 2 aliphatic heterocycles. The minimum atomic E-state index is -0.737. The number of benzene rings is 2. The lowest BCUT2D eigenvalue weighted by Crippen LogP contribution is -2.56. The fourth-order valence-corrected chi connectivity index (χ4v) is 7.71. The summed E-state index contributed by atoms with van der Waals surface area (Å²) in [7, 11) is 1.57. The van der Waals surface area contributed by atoms with Crippen LogP contribution < -0.4 is 26.7 Å². The maximum absolute atomic E-state index is 15.5. The van der Waals surface area contributed by atoms with Crippen molar-refractivity contribution in [3.8, 4) is 17.1 Å². The number of nitrogens with zero attached hydrogens (tertiary/aromatic N) is 7. The van der Waals surface area contributed by atoms with Gasteiger partial charge in [-0.05, 0) is 73.2 Å². The number of ether oxygens (including phenoxy) is 1. The van der Waals surface area contributed by atoms with Crippen molar-refractivity contribution in [3.05, 3.63) is 105 Å². The lowest BCUT2D eigenvalue weighted by atomic mass is 9.86. The first-order valence-electron chi connectivity index (χ1n) is 19.1. The number of piperazine rings is 1. The van der Waals surface area contributed by atoms with Gasteiger partial charge in [0, 0.05) is 86.6 Å². The van der Waals surface area contributed by atoms with E-state index in [1.165, 1.54) is 35.3 Å². The highest BCUT2D eigenvalue weighted by molar-refractivity contribution is 6.02. The van der Waals surface area contributed by atoms with Gasteiger partial charge in [0.05, 0.1) is 35.3 Å². The zero-order chi connectivity index (χ0) is 40.6. The summed E-state index contributed by atoms with van der Waals surface area (Å²) in [5.41, 5.74) is 1.93. The second-order valence-electron chi connectivity index (χ2n) is 15.7. The molecule has 7 rings (SSSR count). The number of aromatic nitrogens is 5. The van der Waals surface area contributed by atoms with Crippen molar-refractivity contribution in [2.75, 3.05) is 48.4 Å². The van der Waals surface area contributed by atoms with E-state index < -0.39 is 23.5 Å². The van der Waals surface area contributed by atoms with Crippen molar-refractivity contribution in [1.29, 1.82) is 0 Å². The average Bonchev–Trinajstić information content (AvgIpc) is 3.19. The SMILES string of the molecule is C=CC(=O)Nc1cc(Nc2nc(-c3ccnc(-n4ncc5cc(C(C)(C)C)cc(F)c5c4=O)c3CO)cn(C)c2=O)ccc1N1CCN(C2CCOCC2)CC1C. The van der Waals surface area contributed by atoms with Crippen LogP contribution in [0.2, 0.25) is 0 Å². The van der Waals surface area contributed by atoms with Crippen molar-refractivity contribution >= 4 is 39.6 Å². The van der Waals surface area contributed by atoms with Crippen LogP contribution in [0.25, 0.3) is 27.8 Å². The third-order valence-electron chi connectivity index (χ3n) is 10.8. The van der Waals surface area contributed by atoms with Gasteiger partial charge in [0.25, 0.3) is 11.1 Å². The summed E-state index contributed by atoms with van der Waals surface area (Å²) >= 11 is 0. The number of carbonyl (C=O) groups is 1. The molecule has 3 aromatic heterocycles. The Morgan fingerprint density at radius 1 is 1.11 bits per heavy atom. The van der Waals surface area contributed by atoms with E-state index in [1.54, 1.807) is 25.2 Å². The van der Waals surface area contributed by atoms with E-state index in [-0.39, 0.29) is 45.6 Å². The van der Waals surface area contributed by atoms with Gasteiger partial charge in [-0.1, -0.05) is 27.4 Å². The fraction of sp³-hybridized carbons (Fsp3) is 0.381. The van der Waals surface area contributed by atoms with Crippen molar-refractivity contribution in [2.24, 2.45) is 7.05 Å². The molecule has 0 bridgehead atoms. The highest BCUT2D eigenvalue weighted by atomic mass is 19.1. The third-order valence-corrected chi connectivity index (χ3v) is 10.8. The van der Waals surface area contributed by atoms with Crippen LogP contribution in [0.15, 0.2) is 77.2 Å². The number of carbonyl (C=O) groups excluding carboxylic acids is 1. The summed E-state index contributed by atoms with van der Waals surface area (Å²) in [5, 5.41) is 21.3. The van der Waals surface area contributed by atoms with E-state index in [0.717, 1.165) is 61.6 Å². The van der Waals surface area contributed by atoms with Crippen LogP contribution in [0, 0.1) is 5.82 Å². The number of hydrogen-bond donors (Lipinski definition) is 3. The van der Waals surface area contributed by atoms with E-state index in [4.69, 9.17) is 4.74 Å². The minimum Gasteiger partial charge on any atom is -0.392 e. The summed E-state index contributed by atoms with van der Waals surface area (Å²) in [6.45, 7) is 15.2. The zero-order valence-electron chi connectivity index (χ0n) is 32.9. The molecule has 2 saturated heterocycles. The molecule has 3 N–H and O–H groups in total. The second kappa shape index (κ2) is 16.0. The van der Waals surface area contributed by atoms with Crippen LogP contribution in [0.1, 0.15) is 51.7 Å². The normalized spacial score (nSPS) is 16.8. The van der Waals surface area contributed by atoms with E-state index in [9.17, 15) is 19.5 Å². The average molecular weight is 778 g/mol. The van der Waals surface area contributed by atoms with E-state index in [1.807, 2.05) is 32.9 Å². The van der Waals surface area contributed by atoms with Gasteiger partial charge in [-0.25, -0.2) is 14.4 Å². The minimum absolute atomic E-state index is 0.00706. The van der Waals surface area contributed by atoms with Crippen molar-refractivity contribution in [3.63, 3.8) is 0 Å². The van der Waals surface area contributed by atoms with Crippen molar-refractivity contribution in [2.45, 2.75) is 64.6 Å². The smallest absolute Gasteiger partial charge is 0.293 e. The van der Waals surface area contributed by atoms with Gasteiger partial charge in [-0.2, -0.15) is 9.78 Å². The molecular formula is C42H48FN9O5. The fourth-order valence-electron chi connectivity index (χ4n) is 7.71. The maximum atomic E-state index is 15.5. The molecule has 2 fully saturated rings. The highest BCUT2D eigenvalue weighted by Gasteiger charge is 2.31. The molecule has 2 aromatic carbocycles. The van der Waals surface area contributed by atoms with Crippen LogP contribution in [0.5, 0.6) is 0 Å². The van der Waals surface area contributed by atoms with E-state index in [2.05, 4.69) is 49.0 Å². The lowest BCUT2D eigenvalue weighted by molar-refractivity contribution is -0.111. The number of fused-ring (bicyclic) bond motifs is 1. The molecule has 1 unspecified atom stereocenters. The Hall–Kier alpha value is -5.77. The Morgan fingerprint density at radius 2 is 1.88 bits per heavy atom. The first-order chi connectivity index (χ1) is 27.3. The summed E-state index contributed by atoms with van der Waals surface area (Å²) in [5.74, 6) is -1.09. The number of hydrogen-bond acceptors (Lipinski definition) is 11. The number of aliphatic hydroxyl groups is 1. The molecule has 5 aromatic rings. The molecule has 298 valence electrons. The quantitative estimate of drug-likeness (QED) is 0.173. The van der Waals surface area contributed by atoms with Gasteiger partial charge < -0.3 is 29.9 Å². The Kier molecular flexibility index (Phi) is 11.1. The molecule has 0 saturated carbocycles. The van der Waals surface area contributed by atoms with Crippen LogP contribution in [-0.2, 0) is 28.6 Å². The van der Waals surface area contributed by atoms with Gasteiger partial charge >= 0.3 is 0 Å². The van der Waals surface area contributed by atoms with Crippen molar-refractivity contribution in [1.82, 2.24) is 29.2 Å². The monoisotopic (exact) mass is 777 g/mol. The number of rotatable bonds is 9. The van der Waals surface area contributed by atoms with Crippen molar-refractivity contribution < 1.29 is 19.0 Å². The Bertz CT molecular complexity index is 2470. The first-order valence-corrected chi connectivity index (χ1v) is 19.1. The van der Waals surface area contributed by atoms with Gasteiger partial charge in [0.1, 0.15) is 5.82 Å². The number of nitrogens with one attached hydrogen (secondary N) is 2. The largest absolute Gasteiger partial charge is 0.392 e. The molecule has 57 heavy (non-hydrogen) atoms. The van der Waals surface area contributed by atoms with Crippen LogP contribution >= 0.6 is 0 Å². The molecule has 1 amide bonds. The Labute approximate surface area is 329 Å². The van der Waals surface area contributed by atoms with Crippen LogP contribution in [0.3, 0.4) is 0 Å². The predicted octanol–water partition coefficient (Wildman–Crippen LogP) is 5.03. The Morgan fingerprint density at radius 3 is 2.58 bits per heavy atom. The maximum Gasteiger partial charge on any atom is 0.293 e. The van der Waals surface area contributed by atoms with E-state index >= 15 is 4.39 Å². The topological polar surface area (TPSA) is 160 Å². The lowest BCUT2D eigenvalue weighted by Gasteiger charge is -2.45. The molecule has 15 heteroatoms. The molecule has 5 heterocycles. The second-order valence-corrected chi connectivity index (χ2v) is 15.7. The number of halogens is 1. The number of anilines is 4. The van der Waals surface area contributed by atoms with Gasteiger partial charge in [0.15, 0.2) is 11.6 Å². The van der Waals surface area contributed by atoms with Gasteiger partial charge in [-0.15, -0.1) is 0 Å². The van der Waals surface area contributed by atoms with E-state index in [0.29, 0.717) is 28.4 Å². The molecule has 14 nitrogen and oxygen atoms in total. The summed E-state index contributed by atoms with van der Waals surface area (Å²) in [6, 6.07) is 10.9. The van der Waals surface area contributed by atoms with Gasteiger partial charge in [0.2, 0.25) is 5.91 Å². The zero-order valence-corrected chi connectivity index (χ0v) is 32.9. The summed E-state index contributed by atoms with van der Waals surface area (Å²) < 4.78 is 23.4. The molecular weight excluding hydrogens is 730 g/mol. The number of pyridine rings is 1.